The highest BCUT2D eigenvalue weighted by atomic mass is 35.5. The normalized spacial score (nSPS) is 11.3. The summed E-state index contributed by atoms with van der Waals surface area (Å²) >= 11 is 11.8. The predicted molar refractivity (Wildman–Crippen MR) is 109 cm³/mol. The molecule has 0 aliphatic carbocycles. The Morgan fingerprint density at radius 3 is 2.33 bits per heavy atom. The van der Waals surface area contributed by atoms with Crippen molar-refractivity contribution in [3.63, 3.8) is 0 Å². The van der Waals surface area contributed by atoms with Gasteiger partial charge >= 0.3 is 0 Å². The molecule has 0 aromatic heterocycles. The van der Waals surface area contributed by atoms with Crippen LogP contribution in [-0.4, -0.2) is 33.2 Å². The van der Waals surface area contributed by atoms with Crippen molar-refractivity contribution in [2.45, 2.75) is 20.0 Å². The molecular weight excluding hydrogens is 411 g/mol. The maximum absolute atomic E-state index is 12.4. The zero-order valence-electron chi connectivity index (χ0n) is 15.1. The summed E-state index contributed by atoms with van der Waals surface area (Å²) in [6.45, 7) is 3.32. The van der Waals surface area contributed by atoms with Crippen LogP contribution in [0.25, 0.3) is 0 Å². The average Bonchev–Trinajstić information content (AvgIpc) is 2.50. The smallest absolute Gasteiger partial charge is 0.245 e. The summed E-state index contributed by atoms with van der Waals surface area (Å²) in [7, 11) is -3.70. The molecule has 0 saturated carbocycles. The third-order valence-corrected chi connectivity index (χ3v) is 4.89. The number of amides is 1. The minimum atomic E-state index is -3.70. The molecule has 2 aromatic rings. The van der Waals surface area contributed by atoms with Crippen LogP contribution in [0, 0.1) is 0 Å². The monoisotopic (exact) mass is 430 g/mol. The first-order valence-corrected chi connectivity index (χ1v) is 10.7. The summed E-state index contributed by atoms with van der Waals surface area (Å²) in [6, 6.07) is 11.1. The standard InChI is InChI=1S/C18H20Cl2N2O4S/c1-12(2)26-17-6-4-5-16(10-17)22(27(3,24)25)11-18(23)21-15-8-13(19)7-14(20)9-15/h4-10,12H,11H2,1-3H3,(H,21,23). The Kier molecular flexibility index (Phi) is 6.97. The highest BCUT2D eigenvalue weighted by Gasteiger charge is 2.21. The number of benzene rings is 2. The summed E-state index contributed by atoms with van der Waals surface area (Å²) in [5.41, 5.74) is 0.706. The Hall–Kier alpha value is -1.96. The van der Waals surface area contributed by atoms with Crippen molar-refractivity contribution in [2.75, 3.05) is 22.4 Å². The van der Waals surface area contributed by atoms with Crippen LogP contribution in [0.1, 0.15) is 13.8 Å². The van der Waals surface area contributed by atoms with Gasteiger partial charge in [-0.05, 0) is 44.2 Å². The van der Waals surface area contributed by atoms with Crippen LogP contribution in [-0.2, 0) is 14.8 Å². The van der Waals surface area contributed by atoms with E-state index in [1.165, 1.54) is 18.2 Å². The molecule has 0 spiro atoms. The second kappa shape index (κ2) is 8.82. The first-order valence-electron chi connectivity index (χ1n) is 8.05. The van der Waals surface area contributed by atoms with Crippen LogP contribution in [0.2, 0.25) is 10.0 Å². The van der Waals surface area contributed by atoms with Gasteiger partial charge in [-0.2, -0.15) is 0 Å². The zero-order valence-corrected chi connectivity index (χ0v) is 17.4. The van der Waals surface area contributed by atoms with E-state index in [4.69, 9.17) is 27.9 Å². The fourth-order valence-electron chi connectivity index (χ4n) is 2.34. The second-order valence-corrected chi connectivity index (χ2v) is 8.92. The molecule has 0 saturated heterocycles. The van der Waals surface area contributed by atoms with E-state index in [9.17, 15) is 13.2 Å². The third-order valence-electron chi connectivity index (χ3n) is 3.31. The van der Waals surface area contributed by atoms with Gasteiger partial charge in [-0.1, -0.05) is 29.3 Å². The fourth-order valence-corrected chi connectivity index (χ4v) is 3.72. The largest absolute Gasteiger partial charge is 0.491 e. The molecule has 2 rings (SSSR count). The van der Waals surface area contributed by atoms with Crippen molar-refractivity contribution < 1.29 is 17.9 Å². The highest BCUT2D eigenvalue weighted by Crippen LogP contribution is 2.25. The Morgan fingerprint density at radius 2 is 1.78 bits per heavy atom. The first-order chi connectivity index (χ1) is 12.5. The van der Waals surface area contributed by atoms with Crippen LogP contribution >= 0.6 is 23.2 Å². The lowest BCUT2D eigenvalue weighted by Crippen LogP contribution is -2.37. The number of hydrogen-bond acceptors (Lipinski definition) is 4. The van der Waals surface area contributed by atoms with E-state index < -0.39 is 22.5 Å². The van der Waals surface area contributed by atoms with Crippen LogP contribution in [0.4, 0.5) is 11.4 Å². The lowest BCUT2D eigenvalue weighted by atomic mass is 10.3. The number of sulfonamides is 1. The van der Waals surface area contributed by atoms with Gasteiger partial charge in [0, 0.05) is 21.8 Å². The highest BCUT2D eigenvalue weighted by molar-refractivity contribution is 7.92. The fraction of sp³-hybridized carbons (Fsp3) is 0.278. The van der Waals surface area contributed by atoms with E-state index in [1.807, 2.05) is 13.8 Å². The van der Waals surface area contributed by atoms with E-state index in [-0.39, 0.29) is 6.10 Å². The molecule has 6 nitrogen and oxygen atoms in total. The molecule has 0 heterocycles. The lowest BCUT2D eigenvalue weighted by Gasteiger charge is -2.23. The molecule has 0 atom stereocenters. The van der Waals surface area contributed by atoms with Crippen molar-refractivity contribution in [3.05, 3.63) is 52.5 Å². The molecule has 1 N–H and O–H groups in total. The summed E-state index contributed by atoms with van der Waals surface area (Å²) in [6.07, 6.45) is 0.967. The first kappa shape index (κ1) is 21.3. The number of halogens is 2. The summed E-state index contributed by atoms with van der Waals surface area (Å²) in [5, 5.41) is 3.31. The number of nitrogens with one attached hydrogen (secondary N) is 1. The van der Waals surface area contributed by atoms with Gasteiger partial charge in [0.05, 0.1) is 18.0 Å². The molecule has 0 fully saturated rings. The van der Waals surface area contributed by atoms with Crippen molar-refractivity contribution in [3.8, 4) is 5.75 Å². The third kappa shape index (κ3) is 6.61. The van der Waals surface area contributed by atoms with Gasteiger partial charge in [0.15, 0.2) is 0 Å². The predicted octanol–water partition coefficient (Wildman–Crippen LogP) is 4.19. The Morgan fingerprint density at radius 1 is 1.15 bits per heavy atom. The lowest BCUT2D eigenvalue weighted by molar-refractivity contribution is -0.114. The van der Waals surface area contributed by atoms with Gasteiger partial charge in [-0.3, -0.25) is 9.10 Å². The van der Waals surface area contributed by atoms with E-state index in [0.717, 1.165) is 10.6 Å². The average molecular weight is 431 g/mol. The number of hydrogen-bond donors (Lipinski definition) is 1. The second-order valence-electron chi connectivity index (χ2n) is 6.14. The van der Waals surface area contributed by atoms with Gasteiger partial charge in [-0.25, -0.2) is 8.42 Å². The van der Waals surface area contributed by atoms with Crippen molar-refractivity contribution in [2.24, 2.45) is 0 Å². The van der Waals surface area contributed by atoms with Crippen LogP contribution in [0.3, 0.4) is 0 Å². The molecule has 2 aromatic carbocycles. The van der Waals surface area contributed by atoms with E-state index in [1.54, 1.807) is 24.3 Å². The summed E-state index contributed by atoms with van der Waals surface area (Å²) < 4.78 is 31.0. The SMILES string of the molecule is CC(C)Oc1cccc(N(CC(=O)Nc2cc(Cl)cc(Cl)c2)S(C)(=O)=O)c1. The summed E-state index contributed by atoms with van der Waals surface area (Å²) in [4.78, 5) is 12.4. The molecule has 0 unspecified atom stereocenters. The molecule has 0 aliphatic heterocycles. The number of rotatable bonds is 7. The van der Waals surface area contributed by atoms with E-state index in [2.05, 4.69) is 5.32 Å². The molecule has 0 radical (unpaired) electrons. The van der Waals surface area contributed by atoms with Crippen LogP contribution in [0.5, 0.6) is 5.75 Å². The minimum Gasteiger partial charge on any atom is -0.491 e. The Balaban J connectivity index is 2.23. The molecule has 9 heteroatoms. The zero-order chi connectivity index (χ0) is 20.2. The maximum Gasteiger partial charge on any atom is 0.245 e. The molecule has 0 aliphatic rings. The summed E-state index contributed by atoms with van der Waals surface area (Å²) in [5.74, 6) is -0.0212. The number of carbonyl (C=O) groups is 1. The number of carbonyl (C=O) groups excluding carboxylic acids is 1. The van der Waals surface area contributed by atoms with Gasteiger partial charge in [-0.15, -0.1) is 0 Å². The molecule has 0 bridgehead atoms. The van der Waals surface area contributed by atoms with Gasteiger partial charge in [0.2, 0.25) is 15.9 Å². The van der Waals surface area contributed by atoms with Gasteiger partial charge < -0.3 is 10.1 Å². The minimum absolute atomic E-state index is 0.0668. The molecule has 1 amide bonds. The maximum atomic E-state index is 12.4. The number of anilines is 2. The van der Waals surface area contributed by atoms with Gasteiger partial charge in [0.1, 0.15) is 12.3 Å². The number of ether oxygens (including phenoxy) is 1. The Bertz CT molecular complexity index is 912. The van der Waals surface area contributed by atoms with Crippen LogP contribution in [0.15, 0.2) is 42.5 Å². The quantitative estimate of drug-likeness (QED) is 0.714. The molecule has 146 valence electrons. The van der Waals surface area contributed by atoms with E-state index in [0.29, 0.717) is 27.2 Å². The van der Waals surface area contributed by atoms with Crippen LogP contribution < -0.4 is 14.4 Å². The van der Waals surface area contributed by atoms with Crippen molar-refractivity contribution in [1.29, 1.82) is 0 Å². The number of nitrogens with zero attached hydrogens (tertiary/aromatic N) is 1. The van der Waals surface area contributed by atoms with E-state index >= 15 is 0 Å². The molecule has 27 heavy (non-hydrogen) atoms. The Labute approximate surface area is 169 Å². The van der Waals surface area contributed by atoms with Crippen molar-refractivity contribution >= 4 is 50.5 Å². The topological polar surface area (TPSA) is 75.7 Å². The van der Waals surface area contributed by atoms with Crippen molar-refractivity contribution in [1.82, 2.24) is 0 Å². The molecular formula is C18H20Cl2N2O4S. The van der Waals surface area contributed by atoms with Gasteiger partial charge in [0.25, 0.3) is 0 Å².